The van der Waals surface area contributed by atoms with Gasteiger partial charge in [0.15, 0.2) is 0 Å². The van der Waals surface area contributed by atoms with E-state index in [0.29, 0.717) is 12.2 Å². The Hall–Kier alpha value is -2.44. The first-order valence-electron chi connectivity index (χ1n) is 8.09. The highest BCUT2D eigenvalue weighted by Crippen LogP contribution is 2.26. The molecule has 0 radical (unpaired) electrons. The third kappa shape index (κ3) is 2.56. The zero-order valence-corrected chi connectivity index (χ0v) is 13.2. The van der Waals surface area contributed by atoms with Gasteiger partial charge in [-0.25, -0.2) is 9.97 Å². The van der Waals surface area contributed by atoms with Crippen molar-refractivity contribution in [3.8, 4) is 0 Å². The van der Waals surface area contributed by atoms with E-state index < -0.39 is 0 Å². The van der Waals surface area contributed by atoms with Crippen molar-refractivity contribution in [2.45, 2.75) is 31.7 Å². The van der Waals surface area contributed by atoms with Crippen molar-refractivity contribution in [2.24, 2.45) is 7.05 Å². The molecule has 7 heteroatoms. The number of nitrogens with one attached hydrogen (secondary N) is 1. The molecule has 0 bridgehead atoms. The number of fused-ring (bicyclic) bond motifs is 1. The molecule has 1 amide bonds. The average molecular weight is 312 g/mol. The highest BCUT2D eigenvalue weighted by molar-refractivity contribution is 5.92. The number of nitrogens with zero attached hydrogens (tertiary/aromatic N) is 5. The Morgan fingerprint density at radius 2 is 2.26 bits per heavy atom. The number of carbonyl (C=O) groups is 1. The quantitative estimate of drug-likeness (QED) is 0.916. The minimum Gasteiger partial charge on any atom is -0.365 e. The van der Waals surface area contributed by atoms with Gasteiger partial charge in [0.05, 0.1) is 0 Å². The maximum atomic E-state index is 12.5. The van der Waals surface area contributed by atoms with Gasteiger partial charge in [-0.3, -0.25) is 9.48 Å². The number of carbonyl (C=O) groups excluding carboxylic acids is 1. The first kappa shape index (κ1) is 14.2. The topological polar surface area (TPSA) is 75.9 Å². The van der Waals surface area contributed by atoms with E-state index in [1.165, 1.54) is 11.3 Å². The lowest BCUT2D eigenvalue weighted by atomic mass is 10.2. The van der Waals surface area contributed by atoms with Gasteiger partial charge in [0.2, 0.25) is 0 Å². The molecule has 120 valence electrons. The minimum absolute atomic E-state index is 0.0437. The summed E-state index contributed by atoms with van der Waals surface area (Å²) in [5.41, 5.74) is 3.06. The molecular formula is C16H20N6O. The molecule has 23 heavy (non-hydrogen) atoms. The van der Waals surface area contributed by atoms with Gasteiger partial charge in [-0.15, -0.1) is 0 Å². The standard InChI is InChI=1S/C16H20N6O/c1-21-14(5-7-19-21)16(23)22-8-6-11(9-22)20-15-12-3-2-4-13(12)17-10-18-15/h5,7,10-11H,2-4,6,8-9H2,1H3,(H,17,18,20)/t11-/m0/s1. The first-order chi connectivity index (χ1) is 11.2. The predicted octanol–water partition coefficient (Wildman–Crippen LogP) is 1.03. The second-order valence-corrected chi connectivity index (χ2v) is 6.22. The van der Waals surface area contributed by atoms with Gasteiger partial charge in [0.25, 0.3) is 5.91 Å². The Labute approximate surface area is 134 Å². The Morgan fingerprint density at radius 3 is 3.09 bits per heavy atom. The van der Waals surface area contributed by atoms with Crippen molar-refractivity contribution in [3.05, 3.63) is 35.5 Å². The fraction of sp³-hybridized carbons (Fsp3) is 0.500. The van der Waals surface area contributed by atoms with Crippen LogP contribution in [0.4, 0.5) is 5.82 Å². The molecule has 0 unspecified atom stereocenters. The van der Waals surface area contributed by atoms with Gasteiger partial charge in [-0.1, -0.05) is 0 Å². The number of hydrogen-bond acceptors (Lipinski definition) is 5. The van der Waals surface area contributed by atoms with Crippen LogP contribution in [0.15, 0.2) is 18.6 Å². The number of hydrogen-bond donors (Lipinski definition) is 1. The van der Waals surface area contributed by atoms with Crippen LogP contribution in [0.3, 0.4) is 0 Å². The average Bonchev–Trinajstić information content (AvgIpc) is 3.26. The second-order valence-electron chi connectivity index (χ2n) is 6.22. The van der Waals surface area contributed by atoms with Crippen molar-refractivity contribution < 1.29 is 4.79 Å². The van der Waals surface area contributed by atoms with E-state index in [2.05, 4.69) is 20.4 Å². The maximum absolute atomic E-state index is 12.5. The molecule has 1 saturated heterocycles. The number of amides is 1. The van der Waals surface area contributed by atoms with E-state index >= 15 is 0 Å². The van der Waals surface area contributed by atoms with E-state index in [1.807, 2.05) is 4.90 Å². The van der Waals surface area contributed by atoms with Crippen LogP contribution >= 0.6 is 0 Å². The molecule has 1 aliphatic heterocycles. The van der Waals surface area contributed by atoms with E-state index in [0.717, 1.165) is 38.0 Å². The van der Waals surface area contributed by atoms with Crippen LogP contribution in [0.1, 0.15) is 34.6 Å². The van der Waals surface area contributed by atoms with Gasteiger partial charge < -0.3 is 10.2 Å². The van der Waals surface area contributed by atoms with Crippen LogP contribution in [-0.2, 0) is 19.9 Å². The molecule has 7 nitrogen and oxygen atoms in total. The van der Waals surface area contributed by atoms with Crippen molar-refractivity contribution >= 4 is 11.7 Å². The third-order valence-electron chi connectivity index (χ3n) is 4.73. The second kappa shape index (κ2) is 5.64. The predicted molar refractivity (Wildman–Crippen MR) is 85.2 cm³/mol. The van der Waals surface area contributed by atoms with E-state index in [1.54, 1.807) is 30.3 Å². The molecule has 3 heterocycles. The summed E-state index contributed by atoms with van der Waals surface area (Å²) in [5.74, 6) is 0.995. The normalized spacial score (nSPS) is 19.9. The Balaban J connectivity index is 1.44. The number of anilines is 1. The van der Waals surface area contributed by atoms with Crippen LogP contribution < -0.4 is 5.32 Å². The van der Waals surface area contributed by atoms with E-state index in [4.69, 9.17) is 0 Å². The number of rotatable bonds is 3. The Kier molecular flexibility index (Phi) is 3.48. The molecule has 2 aliphatic rings. The monoisotopic (exact) mass is 312 g/mol. The molecule has 0 aromatic carbocycles. The van der Waals surface area contributed by atoms with Gasteiger partial charge in [0, 0.05) is 43.6 Å². The molecule has 2 aromatic rings. The third-order valence-corrected chi connectivity index (χ3v) is 4.73. The van der Waals surface area contributed by atoms with Crippen molar-refractivity contribution in [2.75, 3.05) is 18.4 Å². The molecular weight excluding hydrogens is 292 g/mol. The zero-order valence-electron chi connectivity index (χ0n) is 13.2. The first-order valence-corrected chi connectivity index (χ1v) is 8.09. The van der Waals surface area contributed by atoms with Crippen molar-refractivity contribution in [3.63, 3.8) is 0 Å². The smallest absolute Gasteiger partial charge is 0.272 e. The zero-order chi connectivity index (χ0) is 15.8. The summed E-state index contributed by atoms with van der Waals surface area (Å²) in [5, 5.41) is 7.59. The lowest BCUT2D eigenvalue weighted by Gasteiger charge is -2.18. The van der Waals surface area contributed by atoms with E-state index in [9.17, 15) is 4.79 Å². The minimum atomic E-state index is 0.0437. The highest BCUT2D eigenvalue weighted by Gasteiger charge is 2.29. The SMILES string of the molecule is Cn1nccc1C(=O)N1CC[C@H](Nc2ncnc3c2CCC3)C1. The van der Waals surface area contributed by atoms with Gasteiger partial charge in [-0.05, 0) is 31.7 Å². The lowest BCUT2D eigenvalue weighted by Crippen LogP contribution is -2.33. The molecule has 1 fully saturated rings. The highest BCUT2D eigenvalue weighted by atomic mass is 16.2. The summed E-state index contributed by atoms with van der Waals surface area (Å²) >= 11 is 0. The van der Waals surface area contributed by atoms with E-state index in [-0.39, 0.29) is 11.9 Å². The van der Waals surface area contributed by atoms with Crippen molar-refractivity contribution in [1.29, 1.82) is 0 Å². The fourth-order valence-corrected chi connectivity index (χ4v) is 3.49. The number of likely N-dealkylation sites (tertiary alicyclic amines) is 1. The molecule has 1 aliphatic carbocycles. The Morgan fingerprint density at radius 1 is 1.35 bits per heavy atom. The number of aromatic nitrogens is 4. The van der Waals surface area contributed by atoms with Gasteiger partial charge in [0.1, 0.15) is 17.8 Å². The molecule has 1 N–H and O–H groups in total. The lowest BCUT2D eigenvalue weighted by molar-refractivity contribution is 0.0780. The molecule has 4 rings (SSSR count). The molecule has 1 atom stereocenters. The summed E-state index contributed by atoms with van der Waals surface area (Å²) < 4.78 is 1.63. The maximum Gasteiger partial charge on any atom is 0.272 e. The Bertz CT molecular complexity index is 740. The summed E-state index contributed by atoms with van der Waals surface area (Å²) in [7, 11) is 1.79. The largest absolute Gasteiger partial charge is 0.365 e. The van der Waals surface area contributed by atoms with Crippen LogP contribution in [0.5, 0.6) is 0 Å². The summed E-state index contributed by atoms with van der Waals surface area (Å²) in [6, 6.07) is 2.01. The van der Waals surface area contributed by atoms with Gasteiger partial charge in [-0.2, -0.15) is 5.10 Å². The summed E-state index contributed by atoms with van der Waals surface area (Å²) in [6.07, 6.45) is 7.47. The number of aryl methyl sites for hydroxylation is 2. The molecule has 0 spiro atoms. The summed E-state index contributed by atoms with van der Waals surface area (Å²) in [4.78, 5) is 23.2. The summed E-state index contributed by atoms with van der Waals surface area (Å²) in [6.45, 7) is 1.46. The van der Waals surface area contributed by atoms with Gasteiger partial charge >= 0.3 is 0 Å². The van der Waals surface area contributed by atoms with Crippen LogP contribution in [0.2, 0.25) is 0 Å². The van der Waals surface area contributed by atoms with Crippen LogP contribution in [-0.4, -0.2) is 49.7 Å². The van der Waals surface area contributed by atoms with Crippen LogP contribution in [0, 0.1) is 0 Å². The molecule has 0 saturated carbocycles. The van der Waals surface area contributed by atoms with Crippen molar-refractivity contribution in [1.82, 2.24) is 24.6 Å². The van der Waals surface area contributed by atoms with Crippen LogP contribution in [0.25, 0.3) is 0 Å². The molecule has 2 aromatic heterocycles. The fourth-order valence-electron chi connectivity index (χ4n) is 3.49.